The Balaban J connectivity index is 1.71. The molecule has 2 aromatic heterocycles. The van der Waals surface area contributed by atoms with E-state index in [2.05, 4.69) is 17.2 Å². The molecule has 1 amide bonds. The van der Waals surface area contributed by atoms with Crippen LogP contribution in [0.1, 0.15) is 28.7 Å². The van der Waals surface area contributed by atoms with Crippen molar-refractivity contribution in [2.75, 3.05) is 5.32 Å². The Morgan fingerprint density at radius 3 is 2.72 bits per heavy atom. The highest BCUT2D eigenvalue weighted by Gasteiger charge is 2.12. The molecule has 1 N–H and O–H groups in total. The summed E-state index contributed by atoms with van der Waals surface area (Å²) in [4.78, 5) is 17.3. The summed E-state index contributed by atoms with van der Waals surface area (Å²) in [6.07, 6.45) is 2.74. The summed E-state index contributed by atoms with van der Waals surface area (Å²) in [6, 6.07) is 17.7. The van der Waals surface area contributed by atoms with Gasteiger partial charge in [-0.05, 0) is 36.9 Å². The van der Waals surface area contributed by atoms with E-state index in [1.165, 1.54) is 0 Å². The standard InChI is InChI=1S/C21H19N3O/c1-3-18-14(2)24-13-16(11-12-20(24)22-18)21(25)23-19-10-6-8-15-7-4-5-9-17(15)19/h4-13H,3H2,1-2H3,(H,23,25). The molecule has 0 unspecified atom stereocenters. The lowest BCUT2D eigenvalue weighted by Crippen LogP contribution is -2.13. The lowest BCUT2D eigenvalue weighted by molar-refractivity contribution is 0.102. The van der Waals surface area contributed by atoms with Crippen LogP contribution in [0.15, 0.2) is 60.8 Å². The number of aryl methyl sites for hydroxylation is 2. The summed E-state index contributed by atoms with van der Waals surface area (Å²) in [5, 5.41) is 5.17. The van der Waals surface area contributed by atoms with Gasteiger partial charge < -0.3 is 9.72 Å². The number of nitrogens with zero attached hydrogens (tertiary/aromatic N) is 2. The average Bonchev–Trinajstić information content (AvgIpc) is 2.97. The first kappa shape index (κ1) is 15.4. The highest BCUT2D eigenvalue weighted by atomic mass is 16.1. The van der Waals surface area contributed by atoms with Gasteiger partial charge in [-0.1, -0.05) is 43.3 Å². The zero-order valence-electron chi connectivity index (χ0n) is 14.3. The van der Waals surface area contributed by atoms with Crippen LogP contribution in [0.3, 0.4) is 0 Å². The van der Waals surface area contributed by atoms with Crippen molar-refractivity contribution in [1.29, 1.82) is 0 Å². The van der Waals surface area contributed by atoms with E-state index in [-0.39, 0.29) is 5.91 Å². The van der Waals surface area contributed by atoms with Gasteiger partial charge in [0.2, 0.25) is 0 Å². The zero-order valence-corrected chi connectivity index (χ0v) is 14.3. The summed E-state index contributed by atoms with van der Waals surface area (Å²) in [5.74, 6) is -0.121. The van der Waals surface area contributed by atoms with Crippen LogP contribution < -0.4 is 5.32 Å². The number of aromatic nitrogens is 2. The van der Waals surface area contributed by atoms with Crippen molar-refractivity contribution in [3.05, 3.63) is 77.7 Å². The molecule has 124 valence electrons. The maximum absolute atomic E-state index is 12.7. The molecule has 4 nitrogen and oxygen atoms in total. The van der Waals surface area contributed by atoms with Crippen molar-refractivity contribution < 1.29 is 4.79 Å². The van der Waals surface area contributed by atoms with Gasteiger partial charge >= 0.3 is 0 Å². The smallest absolute Gasteiger partial charge is 0.257 e. The number of benzene rings is 2. The van der Waals surface area contributed by atoms with Crippen molar-refractivity contribution in [1.82, 2.24) is 9.38 Å². The number of carbonyl (C=O) groups is 1. The van der Waals surface area contributed by atoms with Crippen molar-refractivity contribution in [3.63, 3.8) is 0 Å². The molecule has 0 fully saturated rings. The van der Waals surface area contributed by atoms with E-state index in [1.54, 1.807) is 0 Å². The summed E-state index contributed by atoms with van der Waals surface area (Å²) in [7, 11) is 0. The molecule has 0 aliphatic carbocycles. The van der Waals surface area contributed by atoms with Crippen molar-refractivity contribution in [2.24, 2.45) is 0 Å². The van der Waals surface area contributed by atoms with Gasteiger partial charge in [0.05, 0.1) is 11.3 Å². The summed E-state index contributed by atoms with van der Waals surface area (Å²) in [5.41, 5.74) is 4.45. The Bertz CT molecular complexity index is 1090. The molecule has 0 aliphatic heterocycles. The molecule has 2 heterocycles. The number of nitrogens with one attached hydrogen (secondary N) is 1. The van der Waals surface area contributed by atoms with E-state index < -0.39 is 0 Å². The summed E-state index contributed by atoms with van der Waals surface area (Å²) >= 11 is 0. The second kappa shape index (κ2) is 6.06. The molecule has 0 saturated heterocycles. The van der Waals surface area contributed by atoms with Gasteiger partial charge in [-0.15, -0.1) is 0 Å². The first-order valence-electron chi connectivity index (χ1n) is 8.44. The number of imidazole rings is 1. The third-order valence-corrected chi connectivity index (χ3v) is 4.59. The monoisotopic (exact) mass is 329 g/mol. The van der Waals surface area contributed by atoms with Crippen LogP contribution in [0.2, 0.25) is 0 Å². The van der Waals surface area contributed by atoms with Crippen LogP contribution >= 0.6 is 0 Å². The molecule has 2 aromatic carbocycles. The molecule has 0 saturated carbocycles. The van der Waals surface area contributed by atoms with Crippen molar-refractivity contribution >= 4 is 28.0 Å². The molecule has 0 atom stereocenters. The predicted molar refractivity (Wildman–Crippen MR) is 101 cm³/mol. The van der Waals surface area contributed by atoms with E-state index in [0.717, 1.165) is 39.9 Å². The van der Waals surface area contributed by atoms with Crippen LogP contribution in [-0.4, -0.2) is 15.3 Å². The number of fused-ring (bicyclic) bond motifs is 2. The normalized spacial score (nSPS) is 11.1. The lowest BCUT2D eigenvalue weighted by atomic mass is 10.1. The third-order valence-electron chi connectivity index (χ3n) is 4.59. The second-order valence-electron chi connectivity index (χ2n) is 6.12. The molecule has 0 radical (unpaired) electrons. The zero-order chi connectivity index (χ0) is 17.4. The van der Waals surface area contributed by atoms with E-state index in [4.69, 9.17) is 0 Å². The number of rotatable bonds is 3. The minimum absolute atomic E-state index is 0.121. The SMILES string of the molecule is CCc1nc2ccc(C(=O)Nc3cccc4ccccc34)cn2c1C. The van der Waals surface area contributed by atoms with E-state index >= 15 is 0 Å². The molecule has 4 heteroatoms. The maximum Gasteiger partial charge on any atom is 0.257 e. The summed E-state index contributed by atoms with van der Waals surface area (Å²) in [6.45, 7) is 4.12. The Hall–Kier alpha value is -3.14. The van der Waals surface area contributed by atoms with Crippen molar-refractivity contribution in [3.8, 4) is 0 Å². The molecular formula is C21H19N3O. The Labute approximate surface area is 146 Å². The molecular weight excluding hydrogens is 310 g/mol. The van der Waals surface area contributed by atoms with Gasteiger partial charge in [0.1, 0.15) is 5.65 Å². The largest absolute Gasteiger partial charge is 0.321 e. The minimum Gasteiger partial charge on any atom is -0.321 e. The van der Waals surface area contributed by atoms with Gasteiger partial charge in [0, 0.05) is 23.0 Å². The van der Waals surface area contributed by atoms with Crippen LogP contribution in [0.5, 0.6) is 0 Å². The molecule has 0 bridgehead atoms. The fraction of sp³-hybridized carbons (Fsp3) is 0.143. The molecule has 4 aromatic rings. The molecule has 0 spiro atoms. The predicted octanol–water partition coefficient (Wildman–Crippen LogP) is 4.61. The van der Waals surface area contributed by atoms with Crippen LogP contribution in [0, 0.1) is 6.92 Å². The van der Waals surface area contributed by atoms with E-state index in [9.17, 15) is 4.79 Å². The average molecular weight is 329 g/mol. The van der Waals surface area contributed by atoms with Gasteiger partial charge in [-0.25, -0.2) is 4.98 Å². The Morgan fingerprint density at radius 1 is 1.08 bits per heavy atom. The number of hydrogen-bond donors (Lipinski definition) is 1. The number of anilines is 1. The van der Waals surface area contributed by atoms with Gasteiger partial charge in [-0.2, -0.15) is 0 Å². The van der Waals surface area contributed by atoms with Gasteiger partial charge in [0.25, 0.3) is 5.91 Å². The molecule has 0 aliphatic rings. The molecule has 4 rings (SSSR count). The fourth-order valence-electron chi connectivity index (χ4n) is 3.21. The Kier molecular flexibility index (Phi) is 3.73. The number of pyridine rings is 1. The van der Waals surface area contributed by atoms with Gasteiger partial charge in [0.15, 0.2) is 0 Å². The van der Waals surface area contributed by atoms with Crippen LogP contribution in [-0.2, 0) is 6.42 Å². The number of carbonyl (C=O) groups excluding carboxylic acids is 1. The highest BCUT2D eigenvalue weighted by Crippen LogP contribution is 2.23. The van der Waals surface area contributed by atoms with Crippen molar-refractivity contribution in [2.45, 2.75) is 20.3 Å². The quantitative estimate of drug-likeness (QED) is 0.596. The van der Waals surface area contributed by atoms with Crippen LogP contribution in [0.4, 0.5) is 5.69 Å². The third kappa shape index (κ3) is 2.66. The second-order valence-corrected chi connectivity index (χ2v) is 6.12. The first-order chi connectivity index (χ1) is 12.2. The van der Waals surface area contributed by atoms with Gasteiger partial charge in [-0.3, -0.25) is 4.79 Å². The lowest BCUT2D eigenvalue weighted by Gasteiger charge is -2.09. The topological polar surface area (TPSA) is 46.4 Å². The number of amides is 1. The van der Waals surface area contributed by atoms with E-state index in [1.807, 2.05) is 72.1 Å². The fourth-order valence-corrected chi connectivity index (χ4v) is 3.21. The first-order valence-corrected chi connectivity index (χ1v) is 8.44. The summed E-state index contributed by atoms with van der Waals surface area (Å²) < 4.78 is 1.98. The molecule has 25 heavy (non-hydrogen) atoms. The van der Waals surface area contributed by atoms with E-state index in [0.29, 0.717) is 5.56 Å². The Morgan fingerprint density at radius 2 is 1.88 bits per heavy atom. The maximum atomic E-state index is 12.7. The number of hydrogen-bond acceptors (Lipinski definition) is 2. The minimum atomic E-state index is -0.121. The highest BCUT2D eigenvalue weighted by molar-refractivity contribution is 6.09. The van der Waals surface area contributed by atoms with Crippen LogP contribution in [0.25, 0.3) is 16.4 Å².